The van der Waals surface area contributed by atoms with Gasteiger partial charge in [-0.1, -0.05) is 46.3 Å². The average molecular weight is 432 g/mol. The highest BCUT2D eigenvalue weighted by molar-refractivity contribution is 14.1. The molecule has 0 saturated carbocycles. The van der Waals surface area contributed by atoms with Crippen LogP contribution in [-0.4, -0.2) is 4.92 Å². The number of benzene rings is 2. The third-order valence-electron chi connectivity index (χ3n) is 2.82. The molecular weight excluding hydrogens is 421 g/mol. The maximum atomic E-state index is 11.0. The molecule has 0 aromatic heterocycles. The van der Waals surface area contributed by atoms with Crippen LogP contribution >= 0.6 is 38.5 Å². The Balaban J connectivity index is 2.21. The van der Waals surface area contributed by atoms with Crippen molar-refractivity contribution in [2.75, 3.05) is 0 Å². The lowest BCUT2D eigenvalue weighted by Gasteiger charge is -2.10. The molecule has 1 atom stereocenters. The molecule has 0 spiro atoms. The van der Waals surface area contributed by atoms with E-state index in [9.17, 15) is 10.1 Å². The van der Waals surface area contributed by atoms with E-state index in [1.165, 1.54) is 3.57 Å². The molecule has 0 heterocycles. The Labute approximate surface area is 133 Å². The van der Waals surface area contributed by atoms with Gasteiger partial charge in [-0.05, 0) is 46.7 Å². The number of rotatable bonds is 4. The summed E-state index contributed by atoms with van der Waals surface area (Å²) < 4.78 is 1.17. The molecule has 0 amide bonds. The van der Waals surface area contributed by atoms with E-state index in [0.29, 0.717) is 6.42 Å². The molecule has 0 bridgehead atoms. The quantitative estimate of drug-likeness (QED) is 0.299. The average Bonchev–Trinajstić information content (AvgIpc) is 2.39. The van der Waals surface area contributed by atoms with Gasteiger partial charge in [-0.25, -0.2) is 0 Å². The largest absolute Gasteiger partial charge is 0.272 e. The Kier molecular flexibility index (Phi) is 4.93. The van der Waals surface area contributed by atoms with E-state index in [1.54, 1.807) is 18.2 Å². The molecular formula is C14H11BrINO2. The van der Waals surface area contributed by atoms with Crippen LogP contribution in [0.25, 0.3) is 0 Å². The summed E-state index contributed by atoms with van der Waals surface area (Å²) in [4.78, 5) is 10.7. The van der Waals surface area contributed by atoms with E-state index in [4.69, 9.17) is 0 Å². The molecule has 3 nitrogen and oxygen atoms in total. The van der Waals surface area contributed by atoms with Crippen LogP contribution in [0.4, 0.5) is 5.69 Å². The fraction of sp³-hybridized carbons (Fsp3) is 0.143. The van der Waals surface area contributed by atoms with Gasteiger partial charge >= 0.3 is 0 Å². The number of alkyl halides is 1. The molecule has 0 saturated heterocycles. The predicted molar refractivity (Wildman–Crippen MR) is 87.6 cm³/mol. The van der Waals surface area contributed by atoms with Crippen molar-refractivity contribution in [1.29, 1.82) is 0 Å². The number of nitro groups is 1. The minimum atomic E-state index is -0.330. The van der Waals surface area contributed by atoms with Crippen LogP contribution in [0.2, 0.25) is 0 Å². The Bertz CT molecular complexity index is 586. The van der Waals surface area contributed by atoms with Crippen molar-refractivity contribution in [3.05, 3.63) is 73.3 Å². The van der Waals surface area contributed by atoms with Crippen LogP contribution in [0.5, 0.6) is 0 Å². The van der Waals surface area contributed by atoms with E-state index in [2.05, 4.69) is 38.5 Å². The van der Waals surface area contributed by atoms with Gasteiger partial charge < -0.3 is 0 Å². The van der Waals surface area contributed by atoms with Gasteiger partial charge in [0, 0.05) is 20.0 Å². The van der Waals surface area contributed by atoms with Gasteiger partial charge in [-0.15, -0.1) is 0 Å². The Hall–Kier alpha value is -0.950. The molecule has 0 aliphatic heterocycles. The Morgan fingerprint density at radius 3 is 2.42 bits per heavy atom. The highest BCUT2D eigenvalue weighted by Crippen LogP contribution is 2.30. The van der Waals surface area contributed by atoms with Crippen molar-refractivity contribution in [3.63, 3.8) is 0 Å². The zero-order valence-electron chi connectivity index (χ0n) is 9.92. The fourth-order valence-corrected chi connectivity index (χ4v) is 2.86. The lowest BCUT2D eigenvalue weighted by Crippen LogP contribution is -2.00. The summed E-state index contributed by atoms with van der Waals surface area (Å²) in [5.41, 5.74) is 2.05. The Morgan fingerprint density at radius 2 is 1.79 bits per heavy atom. The highest BCUT2D eigenvalue weighted by atomic mass is 127. The van der Waals surface area contributed by atoms with E-state index >= 15 is 0 Å². The molecule has 2 aromatic carbocycles. The minimum Gasteiger partial charge on any atom is -0.258 e. The first-order valence-corrected chi connectivity index (χ1v) is 7.69. The molecule has 2 rings (SSSR count). The molecule has 0 radical (unpaired) electrons. The first-order valence-electron chi connectivity index (χ1n) is 5.70. The van der Waals surface area contributed by atoms with Gasteiger partial charge in [0.1, 0.15) is 0 Å². The van der Waals surface area contributed by atoms with E-state index < -0.39 is 0 Å². The topological polar surface area (TPSA) is 43.1 Å². The maximum absolute atomic E-state index is 11.0. The number of para-hydroxylation sites is 1. The van der Waals surface area contributed by atoms with Crippen molar-refractivity contribution in [1.82, 2.24) is 0 Å². The lowest BCUT2D eigenvalue weighted by molar-refractivity contribution is -0.385. The van der Waals surface area contributed by atoms with Gasteiger partial charge in [0.2, 0.25) is 0 Å². The second-order valence-corrected chi connectivity index (χ2v) is 6.46. The molecule has 1 unspecified atom stereocenters. The van der Waals surface area contributed by atoms with E-state index in [0.717, 1.165) is 11.1 Å². The van der Waals surface area contributed by atoms with Gasteiger partial charge in [-0.3, -0.25) is 10.1 Å². The second-order valence-electron chi connectivity index (χ2n) is 4.11. The standard InChI is InChI=1S/C14H11BrINO2/c15-13(10-5-7-12(16)8-6-10)9-11-3-1-2-4-14(11)17(18)19/h1-8,13H,9H2. The number of nitrogens with zero attached hydrogens (tertiary/aromatic N) is 1. The molecule has 0 fully saturated rings. The zero-order valence-corrected chi connectivity index (χ0v) is 13.7. The monoisotopic (exact) mass is 431 g/mol. The molecule has 98 valence electrons. The van der Waals surface area contributed by atoms with Crippen molar-refractivity contribution in [2.24, 2.45) is 0 Å². The number of nitro benzene ring substituents is 1. The van der Waals surface area contributed by atoms with E-state index in [1.807, 2.05) is 30.3 Å². The van der Waals surface area contributed by atoms with Crippen molar-refractivity contribution in [3.8, 4) is 0 Å². The minimum absolute atomic E-state index is 0.0746. The molecule has 5 heteroatoms. The lowest BCUT2D eigenvalue weighted by atomic mass is 10.0. The second kappa shape index (κ2) is 6.47. The maximum Gasteiger partial charge on any atom is 0.272 e. The summed E-state index contributed by atoms with van der Waals surface area (Å²) in [5.74, 6) is 0. The summed E-state index contributed by atoms with van der Waals surface area (Å²) in [7, 11) is 0. The van der Waals surface area contributed by atoms with Gasteiger partial charge in [0.25, 0.3) is 5.69 Å². The highest BCUT2D eigenvalue weighted by Gasteiger charge is 2.16. The van der Waals surface area contributed by atoms with Crippen molar-refractivity contribution in [2.45, 2.75) is 11.2 Å². The van der Waals surface area contributed by atoms with Crippen LogP contribution in [0, 0.1) is 13.7 Å². The summed E-state index contributed by atoms with van der Waals surface area (Å²) in [6.07, 6.45) is 0.595. The fourth-order valence-electron chi connectivity index (χ4n) is 1.84. The van der Waals surface area contributed by atoms with Crippen LogP contribution in [0.15, 0.2) is 48.5 Å². The van der Waals surface area contributed by atoms with Gasteiger partial charge in [0.05, 0.1) is 4.92 Å². The molecule has 0 aliphatic carbocycles. The molecule has 2 aromatic rings. The van der Waals surface area contributed by atoms with Crippen LogP contribution < -0.4 is 0 Å². The third-order valence-corrected chi connectivity index (χ3v) is 4.39. The predicted octanol–water partition coefficient (Wildman–Crippen LogP) is 4.88. The normalized spacial score (nSPS) is 12.1. The number of halogens is 2. The first kappa shape index (κ1) is 14.5. The molecule has 0 N–H and O–H groups in total. The summed E-state index contributed by atoms with van der Waals surface area (Å²) in [6.45, 7) is 0. The number of hydrogen-bond donors (Lipinski definition) is 0. The van der Waals surface area contributed by atoms with Crippen LogP contribution in [-0.2, 0) is 6.42 Å². The van der Waals surface area contributed by atoms with Crippen LogP contribution in [0.1, 0.15) is 16.0 Å². The smallest absolute Gasteiger partial charge is 0.258 e. The van der Waals surface area contributed by atoms with Gasteiger partial charge in [0.15, 0.2) is 0 Å². The van der Waals surface area contributed by atoms with E-state index in [-0.39, 0.29) is 15.4 Å². The first-order chi connectivity index (χ1) is 9.08. The SMILES string of the molecule is O=[N+]([O-])c1ccccc1CC(Br)c1ccc(I)cc1. The van der Waals surface area contributed by atoms with Crippen molar-refractivity contribution < 1.29 is 4.92 Å². The van der Waals surface area contributed by atoms with Gasteiger partial charge in [-0.2, -0.15) is 0 Å². The summed E-state index contributed by atoms with van der Waals surface area (Å²) in [5, 5.41) is 11.0. The van der Waals surface area contributed by atoms with Crippen molar-refractivity contribution >= 4 is 44.2 Å². The Morgan fingerprint density at radius 1 is 1.16 bits per heavy atom. The zero-order chi connectivity index (χ0) is 13.8. The summed E-state index contributed by atoms with van der Waals surface area (Å²) >= 11 is 5.86. The molecule has 0 aliphatic rings. The number of hydrogen-bond acceptors (Lipinski definition) is 2. The van der Waals surface area contributed by atoms with Crippen LogP contribution in [0.3, 0.4) is 0 Å². The summed E-state index contributed by atoms with van der Waals surface area (Å²) in [6, 6.07) is 15.0. The molecule has 19 heavy (non-hydrogen) atoms. The third kappa shape index (κ3) is 3.76.